The molecule has 0 aromatic rings. The first kappa shape index (κ1) is 15.7. The molecule has 0 atom stereocenters. The number of likely N-dealkylation sites (N-methyl/N-ethyl adjacent to an activating group) is 1. The molecule has 0 heterocycles. The molecule has 0 bridgehead atoms. The van der Waals surface area contributed by atoms with Crippen LogP contribution >= 0.6 is 0 Å². The van der Waals surface area contributed by atoms with E-state index in [1.165, 1.54) is 4.90 Å². The van der Waals surface area contributed by atoms with Crippen LogP contribution < -0.4 is 10.6 Å². The summed E-state index contributed by atoms with van der Waals surface area (Å²) < 4.78 is 0. The van der Waals surface area contributed by atoms with Gasteiger partial charge >= 0.3 is 6.03 Å². The van der Waals surface area contributed by atoms with Crippen LogP contribution in [-0.4, -0.2) is 43.5 Å². The number of rotatable bonds is 7. The standard InChI is InChI=1S/C12H25N3O2/c1-5-6-7-13-12(17)15(4)9-11(16)14-8-10(2)3/h10H,5-9H2,1-4H3,(H,13,17)(H,14,16). The summed E-state index contributed by atoms with van der Waals surface area (Å²) >= 11 is 0. The van der Waals surface area contributed by atoms with Gasteiger partial charge in [0.2, 0.25) is 5.91 Å². The molecule has 100 valence electrons. The van der Waals surface area contributed by atoms with Gasteiger partial charge in [0.25, 0.3) is 0 Å². The highest BCUT2D eigenvalue weighted by molar-refractivity contribution is 5.83. The van der Waals surface area contributed by atoms with E-state index in [1.54, 1.807) is 7.05 Å². The zero-order chi connectivity index (χ0) is 13.3. The SMILES string of the molecule is CCCCNC(=O)N(C)CC(=O)NCC(C)C. The molecule has 0 aliphatic heterocycles. The summed E-state index contributed by atoms with van der Waals surface area (Å²) in [6.45, 7) is 7.53. The summed E-state index contributed by atoms with van der Waals surface area (Å²) in [5.74, 6) is 0.300. The summed E-state index contributed by atoms with van der Waals surface area (Å²) in [7, 11) is 1.62. The van der Waals surface area contributed by atoms with Crippen LogP contribution in [0.1, 0.15) is 33.6 Å². The Bertz CT molecular complexity index is 242. The predicted octanol–water partition coefficient (Wildman–Crippen LogP) is 1.20. The Morgan fingerprint density at radius 2 is 1.88 bits per heavy atom. The van der Waals surface area contributed by atoms with Crippen molar-refractivity contribution in [1.29, 1.82) is 0 Å². The van der Waals surface area contributed by atoms with Gasteiger partial charge in [-0.3, -0.25) is 4.79 Å². The molecule has 0 saturated heterocycles. The van der Waals surface area contributed by atoms with E-state index < -0.39 is 0 Å². The Kier molecular flexibility index (Phi) is 8.19. The Labute approximate surface area is 104 Å². The van der Waals surface area contributed by atoms with Crippen LogP contribution in [0.4, 0.5) is 4.79 Å². The molecular weight excluding hydrogens is 218 g/mol. The van der Waals surface area contributed by atoms with Gasteiger partial charge in [0.15, 0.2) is 0 Å². The van der Waals surface area contributed by atoms with Gasteiger partial charge in [-0.1, -0.05) is 27.2 Å². The van der Waals surface area contributed by atoms with Gasteiger partial charge in [-0.25, -0.2) is 4.79 Å². The van der Waals surface area contributed by atoms with E-state index in [0.717, 1.165) is 12.8 Å². The molecule has 0 rings (SSSR count). The fourth-order valence-electron chi connectivity index (χ4n) is 1.17. The molecule has 0 spiro atoms. The fraction of sp³-hybridized carbons (Fsp3) is 0.833. The highest BCUT2D eigenvalue weighted by Crippen LogP contribution is 1.90. The third-order valence-corrected chi connectivity index (χ3v) is 2.24. The van der Waals surface area contributed by atoms with Crippen molar-refractivity contribution in [2.24, 2.45) is 5.92 Å². The smallest absolute Gasteiger partial charge is 0.317 e. The molecule has 0 aliphatic carbocycles. The number of amides is 3. The molecule has 0 unspecified atom stereocenters. The first-order valence-electron chi connectivity index (χ1n) is 6.23. The molecule has 0 fully saturated rings. The minimum absolute atomic E-state index is 0.102. The number of urea groups is 1. The summed E-state index contributed by atoms with van der Waals surface area (Å²) in [6.07, 6.45) is 2.00. The van der Waals surface area contributed by atoms with Crippen LogP contribution in [0.25, 0.3) is 0 Å². The normalized spacial score (nSPS) is 10.2. The summed E-state index contributed by atoms with van der Waals surface area (Å²) in [6, 6.07) is -0.196. The lowest BCUT2D eigenvalue weighted by Gasteiger charge is -2.17. The lowest BCUT2D eigenvalue weighted by atomic mass is 10.2. The average Bonchev–Trinajstić information content (AvgIpc) is 2.26. The van der Waals surface area contributed by atoms with Gasteiger partial charge in [0.05, 0.1) is 0 Å². The molecule has 0 aromatic carbocycles. The van der Waals surface area contributed by atoms with Crippen molar-refractivity contribution in [3.63, 3.8) is 0 Å². The molecule has 2 N–H and O–H groups in total. The van der Waals surface area contributed by atoms with E-state index in [-0.39, 0.29) is 18.5 Å². The van der Waals surface area contributed by atoms with Crippen LogP contribution in [0, 0.1) is 5.92 Å². The first-order chi connectivity index (χ1) is 7.97. The van der Waals surface area contributed by atoms with E-state index >= 15 is 0 Å². The van der Waals surface area contributed by atoms with Gasteiger partial charge in [-0.2, -0.15) is 0 Å². The van der Waals surface area contributed by atoms with E-state index in [9.17, 15) is 9.59 Å². The van der Waals surface area contributed by atoms with Crippen molar-refractivity contribution >= 4 is 11.9 Å². The Morgan fingerprint density at radius 3 is 2.41 bits per heavy atom. The zero-order valence-corrected chi connectivity index (χ0v) is 11.4. The van der Waals surface area contributed by atoms with E-state index in [0.29, 0.717) is 19.0 Å². The lowest BCUT2D eigenvalue weighted by Crippen LogP contribution is -2.44. The van der Waals surface area contributed by atoms with Crippen LogP contribution in [-0.2, 0) is 4.79 Å². The van der Waals surface area contributed by atoms with Crippen molar-refractivity contribution in [3.05, 3.63) is 0 Å². The Balaban J connectivity index is 3.78. The highest BCUT2D eigenvalue weighted by atomic mass is 16.2. The topological polar surface area (TPSA) is 61.4 Å². The monoisotopic (exact) mass is 243 g/mol. The highest BCUT2D eigenvalue weighted by Gasteiger charge is 2.11. The second-order valence-electron chi connectivity index (χ2n) is 4.64. The molecule has 0 radical (unpaired) electrons. The zero-order valence-electron chi connectivity index (χ0n) is 11.4. The van der Waals surface area contributed by atoms with Crippen molar-refractivity contribution < 1.29 is 9.59 Å². The molecule has 5 heteroatoms. The molecule has 5 nitrogen and oxygen atoms in total. The third kappa shape index (κ3) is 8.54. The van der Waals surface area contributed by atoms with Crippen molar-refractivity contribution in [2.45, 2.75) is 33.6 Å². The summed E-state index contributed by atoms with van der Waals surface area (Å²) in [5.41, 5.74) is 0. The van der Waals surface area contributed by atoms with Crippen LogP contribution in [0.15, 0.2) is 0 Å². The number of nitrogens with zero attached hydrogens (tertiary/aromatic N) is 1. The molecule has 3 amide bonds. The van der Waals surface area contributed by atoms with Gasteiger partial charge in [-0.05, 0) is 12.3 Å². The molecular formula is C12H25N3O2. The summed E-state index contributed by atoms with van der Waals surface area (Å²) in [4.78, 5) is 24.4. The Morgan fingerprint density at radius 1 is 1.24 bits per heavy atom. The maximum atomic E-state index is 11.5. The number of unbranched alkanes of at least 4 members (excludes halogenated alkanes) is 1. The van der Waals surface area contributed by atoms with Crippen molar-refractivity contribution in [3.8, 4) is 0 Å². The number of carbonyl (C=O) groups excluding carboxylic acids is 2. The number of hydrogen-bond acceptors (Lipinski definition) is 2. The van der Waals surface area contributed by atoms with Crippen LogP contribution in [0.5, 0.6) is 0 Å². The molecule has 0 aromatic heterocycles. The van der Waals surface area contributed by atoms with Gasteiger partial charge in [-0.15, -0.1) is 0 Å². The van der Waals surface area contributed by atoms with E-state index in [2.05, 4.69) is 17.6 Å². The Hall–Kier alpha value is -1.26. The van der Waals surface area contributed by atoms with Gasteiger partial charge < -0.3 is 15.5 Å². The minimum atomic E-state index is -0.196. The minimum Gasteiger partial charge on any atom is -0.354 e. The maximum Gasteiger partial charge on any atom is 0.317 e. The van der Waals surface area contributed by atoms with Crippen molar-refractivity contribution in [2.75, 3.05) is 26.7 Å². The largest absolute Gasteiger partial charge is 0.354 e. The number of nitrogens with one attached hydrogen (secondary N) is 2. The molecule has 17 heavy (non-hydrogen) atoms. The van der Waals surface area contributed by atoms with Crippen molar-refractivity contribution in [1.82, 2.24) is 15.5 Å². The second-order valence-corrected chi connectivity index (χ2v) is 4.64. The number of hydrogen-bond donors (Lipinski definition) is 2. The molecule has 0 aliphatic rings. The quantitative estimate of drug-likeness (QED) is 0.660. The first-order valence-corrected chi connectivity index (χ1v) is 6.23. The molecule has 0 saturated carbocycles. The van der Waals surface area contributed by atoms with Crippen LogP contribution in [0.3, 0.4) is 0 Å². The van der Waals surface area contributed by atoms with E-state index in [1.807, 2.05) is 13.8 Å². The predicted molar refractivity (Wildman–Crippen MR) is 68.8 cm³/mol. The second kappa shape index (κ2) is 8.84. The van der Waals surface area contributed by atoms with Gasteiger partial charge in [0, 0.05) is 20.1 Å². The summed E-state index contributed by atoms with van der Waals surface area (Å²) in [5, 5.41) is 5.54. The maximum absolute atomic E-state index is 11.5. The van der Waals surface area contributed by atoms with Gasteiger partial charge in [0.1, 0.15) is 6.54 Å². The fourth-order valence-corrected chi connectivity index (χ4v) is 1.17. The average molecular weight is 243 g/mol. The van der Waals surface area contributed by atoms with Crippen LogP contribution in [0.2, 0.25) is 0 Å². The van der Waals surface area contributed by atoms with E-state index in [4.69, 9.17) is 0 Å². The number of carbonyl (C=O) groups is 2. The third-order valence-electron chi connectivity index (χ3n) is 2.24. The lowest BCUT2D eigenvalue weighted by molar-refractivity contribution is -0.121.